The molecule has 4 heteroatoms. The van der Waals surface area contributed by atoms with E-state index in [2.05, 4.69) is 24.2 Å². The maximum absolute atomic E-state index is 11.9. The summed E-state index contributed by atoms with van der Waals surface area (Å²) in [5, 5.41) is 2.93. The van der Waals surface area contributed by atoms with Gasteiger partial charge in [0.25, 0.3) is 0 Å². The minimum atomic E-state index is 0.0751. The number of carbonyl (C=O) groups excluding carboxylic acids is 1. The van der Waals surface area contributed by atoms with Crippen LogP contribution in [0, 0.1) is 0 Å². The van der Waals surface area contributed by atoms with Crippen LogP contribution in [0.2, 0.25) is 0 Å². The first-order valence-electron chi connectivity index (χ1n) is 7.93. The Hall–Kier alpha value is -1.39. The molecule has 21 heavy (non-hydrogen) atoms. The molecule has 0 fully saturated rings. The molecule has 118 valence electrons. The van der Waals surface area contributed by atoms with Gasteiger partial charge in [-0.05, 0) is 50.7 Å². The molecule has 0 bridgehead atoms. The van der Waals surface area contributed by atoms with Crippen molar-refractivity contribution < 1.29 is 4.79 Å². The second-order valence-electron chi connectivity index (χ2n) is 5.57. The average Bonchev–Trinajstić information content (AvgIpc) is 2.47. The molecule has 0 radical (unpaired) electrons. The summed E-state index contributed by atoms with van der Waals surface area (Å²) in [6.07, 6.45) is 5.22. The van der Waals surface area contributed by atoms with Gasteiger partial charge in [0.2, 0.25) is 5.91 Å². The van der Waals surface area contributed by atoms with Crippen LogP contribution < -0.4 is 11.1 Å². The Morgan fingerprint density at radius 2 is 2.00 bits per heavy atom. The van der Waals surface area contributed by atoms with Crippen molar-refractivity contribution >= 4 is 11.6 Å². The third-order valence-corrected chi connectivity index (χ3v) is 3.53. The van der Waals surface area contributed by atoms with Crippen LogP contribution in [-0.2, 0) is 11.3 Å². The van der Waals surface area contributed by atoms with Crippen LogP contribution in [0.3, 0.4) is 0 Å². The standard InChI is InChI=1S/C17H29N3O/c1-3-4-5-11-20(2)12-7-10-17(21)19-16-9-6-8-15(13-16)14-18/h6,8-9,13H,3-5,7,10-12,14,18H2,1-2H3,(H,19,21). The molecule has 1 aromatic rings. The van der Waals surface area contributed by atoms with E-state index in [9.17, 15) is 4.79 Å². The predicted molar refractivity (Wildman–Crippen MR) is 89.2 cm³/mol. The van der Waals surface area contributed by atoms with Crippen LogP contribution in [0.4, 0.5) is 5.69 Å². The number of amides is 1. The molecule has 0 unspecified atom stereocenters. The molecule has 0 saturated carbocycles. The van der Waals surface area contributed by atoms with Crippen molar-refractivity contribution in [3.05, 3.63) is 29.8 Å². The molecule has 0 aliphatic heterocycles. The van der Waals surface area contributed by atoms with E-state index in [4.69, 9.17) is 5.73 Å². The molecule has 0 aliphatic carbocycles. The van der Waals surface area contributed by atoms with Gasteiger partial charge >= 0.3 is 0 Å². The Balaban J connectivity index is 2.21. The fourth-order valence-corrected chi connectivity index (χ4v) is 2.25. The summed E-state index contributed by atoms with van der Waals surface area (Å²) in [7, 11) is 2.12. The first-order chi connectivity index (χ1) is 10.2. The summed E-state index contributed by atoms with van der Waals surface area (Å²) in [6.45, 7) is 4.80. The van der Waals surface area contributed by atoms with E-state index in [0.717, 1.165) is 30.8 Å². The summed E-state index contributed by atoms with van der Waals surface area (Å²) in [4.78, 5) is 14.2. The van der Waals surface area contributed by atoms with E-state index < -0.39 is 0 Å². The number of nitrogens with one attached hydrogen (secondary N) is 1. The second-order valence-corrected chi connectivity index (χ2v) is 5.57. The Labute approximate surface area is 128 Å². The summed E-state index contributed by atoms with van der Waals surface area (Å²) in [5.74, 6) is 0.0751. The lowest BCUT2D eigenvalue weighted by Gasteiger charge is -2.16. The van der Waals surface area contributed by atoms with Crippen molar-refractivity contribution in [3.63, 3.8) is 0 Å². The second kappa shape index (κ2) is 10.4. The number of anilines is 1. The van der Waals surface area contributed by atoms with Gasteiger partial charge in [0.1, 0.15) is 0 Å². The Morgan fingerprint density at radius 3 is 2.71 bits per heavy atom. The van der Waals surface area contributed by atoms with Crippen molar-refractivity contribution in [2.45, 2.75) is 45.6 Å². The van der Waals surface area contributed by atoms with Gasteiger partial charge in [0.05, 0.1) is 0 Å². The number of benzene rings is 1. The third kappa shape index (κ3) is 7.83. The third-order valence-electron chi connectivity index (χ3n) is 3.53. The van der Waals surface area contributed by atoms with E-state index in [0.29, 0.717) is 13.0 Å². The molecule has 3 N–H and O–H groups in total. The van der Waals surface area contributed by atoms with Gasteiger partial charge in [0.15, 0.2) is 0 Å². The Bertz CT molecular complexity index is 420. The topological polar surface area (TPSA) is 58.4 Å². The highest BCUT2D eigenvalue weighted by Crippen LogP contribution is 2.10. The summed E-state index contributed by atoms with van der Waals surface area (Å²) in [6, 6.07) is 7.70. The summed E-state index contributed by atoms with van der Waals surface area (Å²) < 4.78 is 0. The number of rotatable bonds is 10. The monoisotopic (exact) mass is 291 g/mol. The minimum Gasteiger partial charge on any atom is -0.326 e. The number of hydrogen-bond donors (Lipinski definition) is 2. The lowest BCUT2D eigenvalue weighted by molar-refractivity contribution is -0.116. The molecule has 0 saturated heterocycles. The van der Waals surface area contributed by atoms with Gasteiger partial charge < -0.3 is 16.0 Å². The molecule has 1 aromatic carbocycles. The minimum absolute atomic E-state index is 0.0751. The highest BCUT2D eigenvalue weighted by molar-refractivity contribution is 5.90. The van der Waals surface area contributed by atoms with Gasteiger partial charge in [-0.25, -0.2) is 0 Å². The van der Waals surface area contributed by atoms with Gasteiger partial charge in [-0.2, -0.15) is 0 Å². The smallest absolute Gasteiger partial charge is 0.224 e. The average molecular weight is 291 g/mol. The lowest BCUT2D eigenvalue weighted by Crippen LogP contribution is -2.22. The Morgan fingerprint density at radius 1 is 1.24 bits per heavy atom. The molecule has 0 atom stereocenters. The largest absolute Gasteiger partial charge is 0.326 e. The normalized spacial score (nSPS) is 10.9. The van der Waals surface area contributed by atoms with Crippen LogP contribution in [-0.4, -0.2) is 30.9 Å². The van der Waals surface area contributed by atoms with Crippen LogP contribution in [0.5, 0.6) is 0 Å². The van der Waals surface area contributed by atoms with Crippen molar-refractivity contribution in [2.75, 3.05) is 25.5 Å². The fourth-order valence-electron chi connectivity index (χ4n) is 2.25. The number of hydrogen-bond acceptors (Lipinski definition) is 3. The molecule has 0 aromatic heterocycles. The van der Waals surface area contributed by atoms with Crippen molar-refractivity contribution in [1.29, 1.82) is 0 Å². The lowest BCUT2D eigenvalue weighted by atomic mass is 10.2. The number of nitrogens with zero attached hydrogens (tertiary/aromatic N) is 1. The SMILES string of the molecule is CCCCCN(C)CCCC(=O)Nc1cccc(CN)c1. The van der Waals surface area contributed by atoms with Crippen molar-refractivity contribution in [3.8, 4) is 0 Å². The number of carbonyl (C=O) groups is 1. The fraction of sp³-hybridized carbons (Fsp3) is 0.588. The van der Waals surface area contributed by atoms with Crippen LogP contribution in [0.15, 0.2) is 24.3 Å². The summed E-state index contributed by atoms with van der Waals surface area (Å²) >= 11 is 0. The van der Waals surface area contributed by atoms with E-state index in [-0.39, 0.29) is 5.91 Å². The van der Waals surface area contributed by atoms with Crippen LogP contribution in [0.1, 0.15) is 44.6 Å². The number of unbranched alkanes of at least 4 members (excludes halogenated alkanes) is 2. The van der Waals surface area contributed by atoms with E-state index >= 15 is 0 Å². The summed E-state index contributed by atoms with van der Waals surface area (Å²) in [5.41, 5.74) is 7.46. The first kappa shape index (κ1) is 17.7. The van der Waals surface area contributed by atoms with Crippen LogP contribution in [0.25, 0.3) is 0 Å². The zero-order valence-corrected chi connectivity index (χ0v) is 13.4. The maximum Gasteiger partial charge on any atom is 0.224 e. The first-order valence-corrected chi connectivity index (χ1v) is 7.93. The highest BCUT2D eigenvalue weighted by Gasteiger charge is 2.04. The van der Waals surface area contributed by atoms with Crippen molar-refractivity contribution in [2.24, 2.45) is 5.73 Å². The van der Waals surface area contributed by atoms with Crippen LogP contribution >= 0.6 is 0 Å². The Kier molecular flexibility index (Phi) is 8.71. The zero-order chi connectivity index (χ0) is 15.5. The molecule has 1 rings (SSSR count). The number of nitrogens with two attached hydrogens (primary N) is 1. The molecule has 0 heterocycles. The molecule has 4 nitrogen and oxygen atoms in total. The maximum atomic E-state index is 11.9. The van der Waals surface area contributed by atoms with Crippen molar-refractivity contribution in [1.82, 2.24) is 4.90 Å². The van der Waals surface area contributed by atoms with E-state index in [1.54, 1.807) is 0 Å². The van der Waals surface area contributed by atoms with Gasteiger partial charge in [-0.15, -0.1) is 0 Å². The van der Waals surface area contributed by atoms with Gasteiger partial charge in [-0.3, -0.25) is 4.79 Å². The molecular weight excluding hydrogens is 262 g/mol. The molecule has 0 aliphatic rings. The zero-order valence-electron chi connectivity index (χ0n) is 13.4. The molecule has 1 amide bonds. The predicted octanol–water partition coefficient (Wildman–Crippen LogP) is 2.99. The molecular formula is C17H29N3O. The quantitative estimate of drug-likeness (QED) is 0.652. The van der Waals surface area contributed by atoms with Gasteiger partial charge in [-0.1, -0.05) is 31.9 Å². The molecule has 0 spiro atoms. The van der Waals surface area contributed by atoms with Gasteiger partial charge in [0, 0.05) is 18.7 Å². The van der Waals surface area contributed by atoms with E-state index in [1.807, 2.05) is 24.3 Å². The van der Waals surface area contributed by atoms with E-state index in [1.165, 1.54) is 19.3 Å². The highest BCUT2D eigenvalue weighted by atomic mass is 16.1.